The standard InChI is InChI=1S/C20H16ClN3O2S2/c1-12-22-17-7-4-14(8-18(17)28-12)23-19(25)9-15-11-27-20(24-15)10-26-16-5-2-13(21)3-6-16/h2-8,11H,9-10H2,1H3,(H,23,25). The molecule has 0 bridgehead atoms. The number of halogens is 1. The van der Waals surface area contributed by atoms with Crippen LogP contribution in [0.15, 0.2) is 47.8 Å². The fourth-order valence-corrected chi connectivity index (χ4v) is 4.36. The number of anilines is 1. The highest BCUT2D eigenvalue weighted by Gasteiger charge is 2.10. The maximum Gasteiger partial charge on any atom is 0.230 e. The third-order valence-electron chi connectivity index (χ3n) is 3.90. The summed E-state index contributed by atoms with van der Waals surface area (Å²) in [7, 11) is 0. The van der Waals surface area contributed by atoms with E-state index in [1.807, 2.05) is 42.6 Å². The largest absolute Gasteiger partial charge is 0.486 e. The maximum atomic E-state index is 12.3. The number of amides is 1. The molecule has 5 nitrogen and oxygen atoms in total. The molecule has 0 unspecified atom stereocenters. The number of nitrogens with zero attached hydrogens (tertiary/aromatic N) is 2. The highest BCUT2D eigenvalue weighted by molar-refractivity contribution is 7.18. The maximum absolute atomic E-state index is 12.3. The lowest BCUT2D eigenvalue weighted by Gasteiger charge is -2.04. The molecule has 0 fully saturated rings. The molecule has 4 rings (SSSR count). The Hall–Kier alpha value is -2.48. The van der Waals surface area contributed by atoms with Crippen LogP contribution >= 0.6 is 34.3 Å². The summed E-state index contributed by atoms with van der Waals surface area (Å²) in [5.74, 6) is 0.628. The molecule has 1 N–H and O–H groups in total. The van der Waals surface area contributed by atoms with Crippen molar-refractivity contribution in [1.29, 1.82) is 0 Å². The number of carbonyl (C=O) groups excluding carboxylic acids is 1. The molecule has 2 aromatic heterocycles. The van der Waals surface area contributed by atoms with Gasteiger partial charge in [0.05, 0.1) is 27.3 Å². The van der Waals surface area contributed by atoms with Crippen molar-refractivity contribution in [2.45, 2.75) is 20.0 Å². The van der Waals surface area contributed by atoms with Crippen LogP contribution in [0.2, 0.25) is 5.02 Å². The lowest BCUT2D eigenvalue weighted by atomic mass is 10.2. The fraction of sp³-hybridized carbons (Fsp3) is 0.150. The van der Waals surface area contributed by atoms with Crippen LogP contribution in [0.4, 0.5) is 5.69 Å². The van der Waals surface area contributed by atoms with Crippen LogP contribution in [0, 0.1) is 6.92 Å². The summed E-state index contributed by atoms with van der Waals surface area (Å²) in [4.78, 5) is 21.2. The predicted molar refractivity (Wildman–Crippen MR) is 115 cm³/mol. The summed E-state index contributed by atoms with van der Waals surface area (Å²) in [6.07, 6.45) is 0.219. The number of benzene rings is 2. The molecule has 2 aromatic carbocycles. The van der Waals surface area contributed by atoms with Crippen LogP contribution in [0.5, 0.6) is 5.75 Å². The molecule has 0 aliphatic rings. The minimum Gasteiger partial charge on any atom is -0.486 e. The summed E-state index contributed by atoms with van der Waals surface area (Å²) in [6, 6.07) is 12.9. The lowest BCUT2D eigenvalue weighted by molar-refractivity contribution is -0.115. The topological polar surface area (TPSA) is 64.1 Å². The van der Waals surface area contributed by atoms with Crippen molar-refractivity contribution in [3.63, 3.8) is 0 Å². The van der Waals surface area contributed by atoms with E-state index in [2.05, 4.69) is 15.3 Å². The SMILES string of the molecule is Cc1nc2ccc(NC(=O)Cc3csc(COc4ccc(Cl)cc4)n3)cc2s1. The zero-order valence-corrected chi connectivity index (χ0v) is 17.3. The van der Waals surface area contributed by atoms with Gasteiger partial charge in [0.25, 0.3) is 0 Å². The second kappa shape index (κ2) is 8.26. The van der Waals surface area contributed by atoms with E-state index in [1.165, 1.54) is 11.3 Å². The first-order valence-corrected chi connectivity index (χ1v) is 10.6. The molecule has 0 aliphatic heterocycles. The van der Waals surface area contributed by atoms with E-state index in [0.29, 0.717) is 11.6 Å². The molecule has 0 atom stereocenters. The van der Waals surface area contributed by atoms with E-state index in [9.17, 15) is 4.79 Å². The van der Waals surface area contributed by atoms with Gasteiger partial charge in [-0.15, -0.1) is 22.7 Å². The second-order valence-electron chi connectivity index (χ2n) is 6.12. The van der Waals surface area contributed by atoms with Crippen molar-refractivity contribution in [3.05, 3.63) is 68.6 Å². The van der Waals surface area contributed by atoms with Gasteiger partial charge in [0.15, 0.2) is 0 Å². The number of thiazole rings is 2. The van der Waals surface area contributed by atoms with Crippen LogP contribution in [-0.2, 0) is 17.8 Å². The van der Waals surface area contributed by atoms with E-state index in [4.69, 9.17) is 16.3 Å². The summed E-state index contributed by atoms with van der Waals surface area (Å²) < 4.78 is 6.75. The molecule has 8 heteroatoms. The van der Waals surface area contributed by atoms with Gasteiger partial charge in [-0.3, -0.25) is 4.79 Å². The highest BCUT2D eigenvalue weighted by atomic mass is 35.5. The Balaban J connectivity index is 1.33. The number of nitrogens with one attached hydrogen (secondary N) is 1. The number of hydrogen-bond donors (Lipinski definition) is 1. The number of hydrogen-bond acceptors (Lipinski definition) is 6. The van der Waals surface area contributed by atoms with Gasteiger partial charge in [-0.05, 0) is 49.4 Å². The van der Waals surface area contributed by atoms with Crippen molar-refractivity contribution in [2.75, 3.05) is 5.32 Å². The molecule has 2 heterocycles. The second-order valence-corrected chi connectivity index (χ2v) is 8.73. The van der Waals surface area contributed by atoms with Gasteiger partial charge < -0.3 is 10.1 Å². The van der Waals surface area contributed by atoms with Crippen molar-refractivity contribution < 1.29 is 9.53 Å². The third-order valence-corrected chi connectivity index (χ3v) is 5.95. The van der Waals surface area contributed by atoms with Gasteiger partial charge in [0.1, 0.15) is 17.4 Å². The smallest absolute Gasteiger partial charge is 0.230 e. The molecule has 142 valence electrons. The molecule has 0 saturated heterocycles. The molecule has 1 amide bonds. The van der Waals surface area contributed by atoms with Gasteiger partial charge in [0.2, 0.25) is 5.91 Å². The molecular weight excluding hydrogens is 414 g/mol. The highest BCUT2D eigenvalue weighted by Crippen LogP contribution is 2.25. The van der Waals surface area contributed by atoms with Crippen LogP contribution in [-0.4, -0.2) is 15.9 Å². The number of carbonyl (C=O) groups is 1. The molecular formula is C20H16ClN3O2S2. The van der Waals surface area contributed by atoms with Crippen molar-refractivity contribution >= 4 is 56.1 Å². The van der Waals surface area contributed by atoms with Gasteiger partial charge in [-0.25, -0.2) is 9.97 Å². The zero-order chi connectivity index (χ0) is 19.5. The van der Waals surface area contributed by atoms with E-state index < -0.39 is 0 Å². The average Bonchev–Trinajstić information content (AvgIpc) is 3.26. The number of aryl methyl sites for hydroxylation is 1. The molecule has 0 radical (unpaired) electrons. The Labute approximate surface area is 175 Å². The predicted octanol–water partition coefficient (Wildman–Crippen LogP) is 5.47. The quantitative estimate of drug-likeness (QED) is 0.441. The summed E-state index contributed by atoms with van der Waals surface area (Å²) in [5.41, 5.74) is 2.44. The van der Waals surface area contributed by atoms with Crippen LogP contribution in [0.1, 0.15) is 15.7 Å². The Morgan fingerprint density at radius 2 is 2.00 bits per heavy atom. The first-order valence-electron chi connectivity index (χ1n) is 8.54. The third kappa shape index (κ3) is 4.67. The molecule has 0 aliphatic carbocycles. The fourth-order valence-electron chi connectivity index (χ4n) is 2.66. The van der Waals surface area contributed by atoms with Gasteiger partial charge in [-0.2, -0.15) is 0 Å². The minimum absolute atomic E-state index is 0.101. The average molecular weight is 430 g/mol. The Bertz CT molecular complexity index is 1120. The Morgan fingerprint density at radius 1 is 1.18 bits per heavy atom. The number of ether oxygens (including phenoxy) is 1. The summed E-state index contributed by atoms with van der Waals surface area (Å²) in [5, 5.41) is 7.30. The van der Waals surface area contributed by atoms with E-state index >= 15 is 0 Å². The van der Waals surface area contributed by atoms with E-state index in [0.717, 1.165) is 37.4 Å². The first kappa shape index (κ1) is 18.9. The monoisotopic (exact) mass is 429 g/mol. The normalized spacial score (nSPS) is 10.9. The zero-order valence-electron chi connectivity index (χ0n) is 14.9. The molecule has 0 spiro atoms. The Morgan fingerprint density at radius 3 is 2.82 bits per heavy atom. The van der Waals surface area contributed by atoms with Crippen molar-refractivity contribution in [1.82, 2.24) is 9.97 Å². The van der Waals surface area contributed by atoms with Crippen molar-refractivity contribution in [3.8, 4) is 5.75 Å². The number of rotatable bonds is 6. The van der Waals surface area contributed by atoms with E-state index in [-0.39, 0.29) is 12.3 Å². The van der Waals surface area contributed by atoms with Crippen LogP contribution < -0.4 is 10.1 Å². The molecule has 28 heavy (non-hydrogen) atoms. The van der Waals surface area contributed by atoms with Crippen LogP contribution in [0.25, 0.3) is 10.2 Å². The van der Waals surface area contributed by atoms with Crippen molar-refractivity contribution in [2.24, 2.45) is 0 Å². The lowest BCUT2D eigenvalue weighted by Crippen LogP contribution is -2.14. The Kier molecular flexibility index (Phi) is 5.57. The number of aromatic nitrogens is 2. The first-order chi connectivity index (χ1) is 13.5. The minimum atomic E-state index is -0.101. The van der Waals surface area contributed by atoms with Gasteiger partial charge in [-0.1, -0.05) is 11.6 Å². The summed E-state index contributed by atoms with van der Waals surface area (Å²) >= 11 is 8.95. The van der Waals surface area contributed by atoms with Gasteiger partial charge in [0, 0.05) is 16.1 Å². The molecule has 4 aromatic rings. The van der Waals surface area contributed by atoms with Gasteiger partial charge >= 0.3 is 0 Å². The van der Waals surface area contributed by atoms with Crippen LogP contribution in [0.3, 0.4) is 0 Å². The summed E-state index contributed by atoms with van der Waals surface area (Å²) in [6.45, 7) is 2.33. The number of fused-ring (bicyclic) bond motifs is 1. The molecule has 0 saturated carbocycles. The van der Waals surface area contributed by atoms with E-state index in [1.54, 1.807) is 23.5 Å².